The van der Waals surface area contributed by atoms with Crippen LogP contribution in [0.2, 0.25) is 0 Å². The molecule has 2 heterocycles. The van der Waals surface area contributed by atoms with E-state index in [0.717, 1.165) is 44.4 Å². The minimum Gasteiger partial charge on any atom is -0.374 e. The van der Waals surface area contributed by atoms with E-state index in [0.29, 0.717) is 0 Å². The van der Waals surface area contributed by atoms with Crippen LogP contribution in [-0.4, -0.2) is 53.8 Å². The maximum atomic E-state index is 5.78. The minimum atomic E-state index is 0.238. The van der Waals surface area contributed by atoms with E-state index in [9.17, 15) is 0 Å². The zero-order valence-corrected chi connectivity index (χ0v) is 11.2. The van der Waals surface area contributed by atoms with Crippen LogP contribution in [0.5, 0.6) is 0 Å². The average molecular weight is 250 g/mol. The lowest BCUT2D eigenvalue weighted by molar-refractivity contribution is -0.0272. The molecule has 2 rings (SSSR count). The van der Waals surface area contributed by atoms with Gasteiger partial charge in [0, 0.05) is 25.8 Å². The van der Waals surface area contributed by atoms with Gasteiger partial charge >= 0.3 is 0 Å². The highest BCUT2D eigenvalue weighted by molar-refractivity contribution is 5.29. The van der Waals surface area contributed by atoms with E-state index in [1.54, 1.807) is 0 Å². The Balaban J connectivity index is 2.00. The van der Waals surface area contributed by atoms with E-state index in [-0.39, 0.29) is 6.10 Å². The molecule has 1 unspecified atom stereocenters. The van der Waals surface area contributed by atoms with Gasteiger partial charge in [0.05, 0.1) is 24.9 Å². The molecule has 1 N–H and O–H groups in total. The van der Waals surface area contributed by atoms with Crippen LogP contribution in [0, 0.1) is 6.92 Å². The summed E-state index contributed by atoms with van der Waals surface area (Å²) in [7, 11) is 2.13. The Bertz CT molecular complexity index is 402. The lowest BCUT2D eigenvalue weighted by Crippen LogP contribution is -2.42. The van der Waals surface area contributed by atoms with Gasteiger partial charge < -0.3 is 19.5 Å². The van der Waals surface area contributed by atoms with Crippen LogP contribution >= 0.6 is 0 Å². The molecule has 1 aromatic heterocycles. The van der Waals surface area contributed by atoms with Gasteiger partial charge in [0.2, 0.25) is 5.95 Å². The molecule has 0 amide bonds. The first-order valence-electron chi connectivity index (χ1n) is 6.37. The van der Waals surface area contributed by atoms with Crippen LogP contribution < -0.4 is 5.32 Å². The van der Waals surface area contributed by atoms with Gasteiger partial charge in [-0.05, 0) is 14.0 Å². The van der Waals surface area contributed by atoms with Crippen LogP contribution in [0.1, 0.15) is 5.69 Å². The van der Waals surface area contributed by atoms with E-state index < -0.39 is 0 Å². The molecule has 0 spiro atoms. The van der Waals surface area contributed by atoms with Gasteiger partial charge in [0.25, 0.3) is 0 Å². The molecule has 1 atom stereocenters. The van der Waals surface area contributed by atoms with E-state index in [1.165, 1.54) is 0 Å². The van der Waals surface area contributed by atoms with Crippen molar-refractivity contribution in [1.29, 1.82) is 0 Å². The molecule has 5 nitrogen and oxygen atoms in total. The minimum absolute atomic E-state index is 0.238. The number of likely N-dealkylation sites (N-methyl/N-ethyl adjacent to an activating group) is 1. The molecule has 18 heavy (non-hydrogen) atoms. The van der Waals surface area contributed by atoms with Crippen molar-refractivity contribution in [3.8, 4) is 0 Å². The molecule has 0 saturated carbocycles. The zero-order valence-electron chi connectivity index (χ0n) is 11.2. The van der Waals surface area contributed by atoms with Gasteiger partial charge in [-0.1, -0.05) is 6.08 Å². The van der Waals surface area contributed by atoms with Crippen molar-refractivity contribution in [3.63, 3.8) is 0 Å². The topological polar surface area (TPSA) is 42.3 Å². The fourth-order valence-electron chi connectivity index (χ4n) is 2.19. The fourth-order valence-corrected chi connectivity index (χ4v) is 2.19. The fraction of sp³-hybridized carbons (Fsp3) is 0.615. The summed E-state index contributed by atoms with van der Waals surface area (Å²) in [6, 6.07) is 0. The molecule has 1 fully saturated rings. The van der Waals surface area contributed by atoms with Crippen LogP contribution in [-0.2, 0) is 11.3 Å². The third-order valence-electron chi connectivity index (χ3n) is 3.04. The van der Waals surface area contributed by atoms with E-state index in [4.69, 9.17) is 4.74 Å². The average Bonchev–Trinajstić information content (AvgIpc) is 2.67. The Labute approximate surface area is 108 Å². The van der Waals surface area contributed by atoms with Crippen molar-refractivity contribution in [1.82, 2.24) is 14.5 Å². The van der Waals surface area contributed by atoms with Crippen molar-refractivity contribution in [2.45, 2.75) is 19.6 Å². The first-order chi connectivity index (χ1) is 8.69. The lowest BCUT2D eigenvalue weighted by atomic mass is 10.3. The first-order valence-corrected chi connectivity index (χ1v) is 6.37. The van der Waals surface area contributed by atoms with Gasteiger partial charge in [0.1, 0.15) is 0 Å². The number of anilines is 1. The molecule has 100 valence electrons. The van der Waals surface area contributed by atoms with Gasteiger partial charge in [0.15, 0.2) is 0 Å². The number of imidazole rings is 1. The quantitative estimate of drug-likeness (QED) is 0.795. The Hall–Kier alpha value is -1.33. The van der Waals surface area contributed by atoms with Gasteiger partial charge in [-0.15, -0.1) is 6.58 Å². The maximum absolute atomic E-state index is 5.78. The van der Waals surface area contributed by atoms with Crippen molar-refractivity contribution < 1.29 is 4.74 Å². The molecule has 5 heteroatoms. The molecular formula is C13H22N4O. The number of rotatable bonds is 5. The first kappa shape index (κ1) is 13.1. The highest BCUT2D eigenvalue weighted by Gasteiger charge is 2.19. The SMILES string of the molecule is C=CCNc1nc(C)cn1CC1CN(C)CCO1. The Morgan fingerprint density at radius 2 is 2.50 bits per heavy atom. The largest absolute Gasteiger partial charge is 0.374 e. The molecule has 1 saturated heterocycles. The number of aryl methyl sites for hydroxylation is 1. The summed E-state index contributed by atoms with van der Waals surface area (Å²) in [5.74, 6) is 0.893. The summed E-state index contributed by atoms with van der Waals surface area (Å²) < 4.78 is 7.91. The Morgan fingerprint density at radius 3 is 3.22 bits per heavy atom. The zero-order chi connectivity index (χ0) is 13.0. The number of morpholine rings is 1. The summed E-state index contributed by atoms with van der Waals surface area (Å²) in [5.41, 5.74) is 1.02. The summed E-state index contributed by atoms with van der Waals surface area (Å²) in [6.07, 6.45) is 4.13. The summed E-state index contributed by atoms with van der Waals surface area (Å²) in [5, 5.41) is 3.25. The highest BCUT2D eigenvalue weighted by Crippen LogP contribution is 2.12. The monoisotopic (exact) mass is 250 g/mol. The molecule has 1 aromatic rings. The summed E-state index contributed by atoms with van der Waals surface area (Å²) in [6.45, 7) is 10.1. The van der Waals surface area contributed by atoms with Crippen LogP contribution in [0.3, 0.4) is 0 Å². The molecule has 1 aliphatic rings. The molecule has 1 aliphatic heterocycles. The predicted octanol–water partition coefficient (Wildman–Crippen LogP) is 1.12. The Morgan fingerprint density at radius 1 is 1.67 bits per heavy atom. The van der Waals surface area contributed by atoms with E-state index >= 15 is 0 Å². The summed E-state index contributed by atoms with van der Waals surface area (Å²) >= 11 is 0. The number of aromatic nitrogens is 2. The third-order valence-corrected chi connectivity index (χ3v) is 3.04. The molecule has 0 aliphatic carbocycles. The molecular weight excluding hydrogens is 228 g/mol. The smallest absolute Gasteiger partial charge is 0.203 e. The van der Waals surface area contributed by atoms with Crippen molar-refractivity contribution in [2.24, 2.45) is 0 Å². The van der Waals surface area contributed by atoms with Crippen molar-refractivity contribution >= 4 is 5.95 Å². The number of hydrogen-bond donors (Lipinski definition) is 1. The summed E-state index contributed by atoms with van der Waals surface area (Å²) in [4.78, 5) is 6.77. The number of nitrogens with zero attached hydrogens (tertiary/aromatic N) is 3. The normalized spacial score (nSPS) is 20.9. The standard InChI is InChI=1S/C13H22N4O/c1-4-5-14-13-15-11(2)8-17(13)10-12-9-16(3)6-7-18-12/h4,8,12H,1,5-7,9-10H2,2-3H3,(H,14,15). The van der Waals surface area contributed by atoms with Crippen LogP contribution in [0.25, 0.3) is 0 Å². The number of ether oxygens (including phenoxy) is 1. The molecule has 0 radical (unpaired) electrons. The number of nitrogens with one attached hydrogen (secondary N) is 1. The highest BCUT2D eigenvalue weighted by atomic mass is 16.5. The van der Waals surface area contributed by atoms with Crippen LogP contribution in [0.4, 0.5) is 5.95 Å². The molecule has 0 aromatic carbocycles. The lowest BCUT2D eigenvalue weighted by Gasteiger charge is -2.30. The van der Waals surface area contributed by atoms with Crippen LogP contribution in [0.15, 0.2) is 18.9 Å². The van der Waals surface area contributed by atoms with Gasteiger partial charge in [-0.2, -0.15) is 0 Å². The maximum Gasteiger partial charge on any atom is 0.203 e. The predicted molar refractivity (Wildman–Crippen MR) is 72.9 cm³/mol. The second-order valence-corrected chi connectivity index (χ2v) is 4.78. The van der Waals surface area contributed by atoms with Crippen molar-refractivity contribution in [3.05, 3.63) is 24.5 Å². The Kier molecular flexibility index (Phi) is 4.38. The second-order valence-electron chi connectivity index (χ2n) is 4.78. The van der Waals surface area contributed by atoms with Gasteiger partial charge in [-0.25, -0.2) is 4.98 Å². The van der Waals surface area contributed by atoms with Gasteiger partial charge in [-0.3, -0.25) is 0 Å². The third kappa shape index (κ3) is 3.34. The van der Waals surface area contributed by atoms with E-state index in [1.807, 2.05) is 13.0 Å². The number of hydrogen-bond acceptors (Lipinski definition) is 4. The second kappa shape index (κ2) is 6.02. The van der Waals surface area contributed by atoms with Crippen molar-refractivity contribution in [2.75, 3.05) is 38.6 Å². The molecule has 0 bridgehead atoms. The van der Waals surface area contributed by atoms with E-state index in [2.05, 4.69) is 39.6 Å².